The van der Waals surface area contributed by atoms with Gasteiger partial charge in [-0.2, -0.15) is 0 Å². The largest absolute Gasteiger partial charge is 0.485 e. The van der Waals surface area contributed by atoms with Crippen LogP contribution in [0.3, 0.4) is 0 Å². The summed E-state index contributed by atoms with van der Waals surface area (Å²) in [5, 5.41) is 0.642. The Morgan fingerprint density at radius 3 is 2.54 bits per heavy atom. The predicted octanol–water partition coefficient (Wildman–Crippen LogP) is 4.03. The summed E-state index contributed by atoms with van der Waals surface area (Å²) in [6.45, 7) is 7.20. The van der Waals surface area contributed by atoms with Gasteiger partial charge < -0.3 is 14.5 Å². The van der Waals surface area contributed by atoms with Crippen molar-refractivity contribution >= 4 is 23.4 Å². The minimum absolute atomic E-state index is 0.135. The first kappa shape index (κ1) is 18.1. The highest BCUT2D eigenvalue weighted by atomic mass is 35.5. The van der Waals surface area contributed by atoms with Crippen LogP contribution in [0.2, 0.25) is 5.02 Å². The fourth-order valence-corrected chi connectivity index (χ4v) is 2.58. The third-order valence-electron chi connectivity index (χ3n) is 3.70. The van der Waals surface area contributed by atoms with Gasteiger partial charge in [0, 0.05) is 10.7 Å². The van der Waals surface area contributed by atoms with Crippen molar-refractivity contribution in [3.05, 3.63) is 51.3 Å². The maximum Gasteiger partial charge on any atom is 0.340 e. The molecule has 0 aliphatic rings. The van der Waals surface area contributed by atoms with Gasteiger partial charge >= 0.3 is 5.97 Å². The summed E-state index contributed by atoms with van der Waals surface area (Å²) >= 11 is 5.96. The Bertz CT molecular complexity index is 780. The summed E-state index contributed by atoms with van der Waals surface area (Å²) in [6.07, 6.45) is 0. The number of ketones is 1. The van der Waals surface area contributed by atoms with Gasteiger partial charge in [-0.3, -0.25) is 4.79 Å². The molecular formula is C18H20ClNO4. The molecule has 0 spiro atoms. The summed E-state index contributed by atoms with van der Waals surface area (Å²) in [5.41, 5.74) is 2.82. The van der Waals surface area contributed by atoms with Crippen LogP contribution in [-0.2, 0) is 4.74 Å². The number of aryl methyl sites for hydroxylation is 2. The number of H-pyrrole nitrogens is 1. The molecule has 128 valence electrons. The third kappa shape index (κ3) is 3.79. The molecule has 5 nitrogen and oxygen atoms in total. The number of benzene rings is 1. The zero-order valence-corrected chi connectivity index (χ0v) is 14.9. The number of halogens is 1. The molecule has 24 heavy (non-hydrogen) atoms. The highest BCUT2D eigenvalue weighted by Gasteiger charge is 2.23. The van der Waals surface area contributed by atoms with E-state index in [1.165, 1.54) is 0 Å². The topological polar surface area (TPSA) is 68.4 Å². The van der Waals surface area contributed by atoms with Crippen LogP contribution in [0.5, 0.6) is 5.75 Å². The van der Waals surface area contributed by atoms with E-state index in [1.807, 2.05) is 6.92 Å². The SMILES string of the molecule is CCOC(=O)c1c(C)[nH]c(C(=O)COc2ccc(Cl)c(C)c2)c1C. The van der Waals surface area contributed by atoms with Crippen molar-refractivity contribution in [2.24, 2.45) is 0 Å². The van der Waals surface area contributed by atoms with E-state index in [1.54, 1.807) is 39.0 Å². The Hall–Kier alpha value is -2.27. The zero-order chi connectivity index (χ0) is 17.9. The van der Waals surface area contributed by atoms with E-state index < -0.39 is 5.97 Å². The number of hydrogen-bond acceptors (Lipinski definition) is 4. The number of aromatic amines is 1. The Morgan fingerprint density at radius 1 is 1.21 bits per heavy atom. The highest BCUT2D eigenvalue weighted by Crippen LogP contribution is 2.22. The Balaban J connectivity index is 2.14. The number of ether oxygens (including phenoxy) is 2. The molecule has 0 radical (unpaired) electrons. The van der Waals surface area contributed by atoms with Crippen molar-refractivity contribution in [1.82, 2.24) is 4.98 Å². The smallest absolute Gasteiger partial charge is 0.340 e. The molecule has 0 saturated heterocycles. The molecule has 0 atom stereocenters. The summed E-state index contributed by atoms with van der Waals surface area (Å²) in [7, 11) is 0. The lowest BCUT2D eigenvalue weighted by Gasteiger charge is -2.07. The van der Waals surface area contributed by atoms with E-state index in [0.717, 1.165) is 5.56 Å². The maximum atomic E-state index is 12.4. The maximum absolute atomic E-state index is 12.4. The number of Topliss-reactive ketones (excluding diaryl/α,β-unsaturated/α-hetero) is 1. The van der Waals surface area contributed by atoms with Crippen molar-refractivity contribution in [2.75, 3.05) is 13.2 Å². The van der Waals surface area contributed by atoms with Gasteiger partial charge in [0.1, 0.15) is 5.75 Å². The monoisotopic (exact) mass is 349 g/mol. The van der Waals surface area contributed by atoms with Crippen LogP contribution >= 0.6 is 11.6 Å². The Labute approximate surface area is 145 Å². The van der Waals surface area contributed by atoms with Gasteiger partial charge in [-0.05, 0) is 57.0 Å². The quantitative estimate of drug-likeness (QED) is 0.631. The number of carbonyl (C=O) groups is 2. The molecule has 1 aromatic heterocycles. The molecule has 0 saturated carbocycles. The Morgan fingerprint density at radius 2 is 1.92 bits per heavy atom. The first-order valence-electron chi connectivity index (χ1n) is 7.63. The van der Waals surface area contributed by atoms with E-state index in [4.69, 9.17) is 21.1 Å². The normalized spacial score (nSPS) is 10.5. The lowest BCUT2D eigenvalue weighted by atomic mass is 10.1. The van der Waals surface area contributed by atoms with Gasteiger partial charge in [-0.25, -0.2) is 4.79 Å². The van der Waals surface area contributed by atoms with Gasteiger partial charge in [0.15, 0.2) is 6.61 Å². The Kier molecular flexibility index (Phi) is 5.67. The van der Waals surface area contributed by atoms with Crippen LogP contribution in [0.25, 0.3) is 0 Å². The van der Waals surface area contributed by atoms with Gasteiger partial charge in [-0.1, -0.05) is 11.6 Å². The summed E-state index contributed by atoms with van der Waals surface area (Å²) in [6, 6.07) is 5.20. The van der Waals surface area contributed by atoms with E-state index >= 15 is 0 Å². The van der Waals surface area contributed by atoms with Gasteiger partial charge in [0.25, 0.3) is 0 Å². The second-order valence-corrected chi connectivity index (χ2v) is 5.88. The molecule has 2 aromatic rings. The second-order valence-electron chi connectivity index (χ2n) is 5.47. The molecule has 0 bridgehead atoms. The van der Waals surface area contributed by atoms with Gasteiger partial charge in [0.05, 0.1) is 17.9 Å². The molecule has 0 unspecified atom stereocenters. The summed E-state index contributed by atoms with van der Waals surface area (Å²) in [5.74, 6) is -0.104. The number of esters is 1. The van der Waals surface area contributed by atoms with Gasteiger partial charge in [0.2, 0.25) is 5.78 Å². The molecule has 1 aromatic carbocycles. The molecule has 1 heterocycles. The molecule has 0 amide bonds. The standard InChI is InChI=1S/C18H20ClNO4/c1-5-23-18(22)16-11(3)17(20-12(16)4)15(21)9-24-13-6-7-14(19)10(2)8-13/h6-8,20H,5,9H2,1-4H3. The fraction of sp³-hybridized carbons (Fsp3) is 0.333. The lowest BCUT2D eigenvalue weighted by molar-refractivity contribution is 0.0525. The number of hydrogen-bond donors (Lipinski definition) is 1. The predicted molar refractivity (Wildman–Crippen MR) is 92.2 cm³/mol. The average Bonchev–Trinajstić information content (AvgIpc) is 2.83. The first-order valence-corrected chi connectivity index (χ1v) is 8.01. The van der Waals surface area contributed by atoms with Crippen molar-refractivity contribution in [3.8, 4) is 5.75 Å². The van der Waals surface area contributed by atoms with Crippen molar-refractivity contribution < 1.29 is 19.1 Å². The van der Waals surface area contributed by atoms with Crippen LogP contribution in [0, 0.1) is 20.8 Å². The van der Waals surface area contributed by atoms with Crippen molar-refractivity contribution in [3.63, 3.8) is 0 Å². The number of aromatic nitrogens is 1. The van der Waals surface area contributed by atoms with Crippen LogP contribution in [-0.4, -0.2) is 30.0 Å². The molecule has 0 aliphatic heterocycles. The second kappa shape index (κ2) is 7.53. The van der Waals surface area contributed by atoms with E-state index in [-0.39, 0.29) is 19.0 Å². The molecule has 0 fully saturated rings. The van der Waals surface area contributed by atoms with Crippen LogP contribution < -0.4 is 4.74 Å². The number of carbonyl (C=O) groups excluding carboxylic acids is 2. The molecule has 0 aliphatic carbocycles. The zero-order valence-electron chi connectivity index (χ0n) is 14.2. The van der Waals surface area contributed by atoms with Crippen LogP contribution in [0.1, 0.15) is 44.6 Å². The number of nitrogens with one attached hydrogen (secondary N) is 1. The van der Waals surface area contributed by atoms with E-state index in [0.29, 0.717) is 33.3 Å². The summed E-state index contributed by atoms with van der Waals surface area (Å²) in [4.78, 5) is 27.3. The lowest BCUT2D eigenvalue weighted by Crippen LogP contribution is -2.14. The minimum Gasteiger partial charge on any atom is -0.485 e. The number of rotatable bonds is 6. The van der Waals surface area contributed by atoms with E-state index in [9.17, 15) is 9.59 Å². The molecular weight excluding hydrogens is 330 g/mol. The molecule has 1 N–H and O–H groups in total. The minimum atomic E-state index is -0.433. The van der Waals surface area contributed by atoms with Gasteiger partial charge in [-0.15, -0.1) is 0 Å². The molecule has 2 rings (SSSR count). The van der Waals surface area contributed by atoms with Crippen molar-refractivity contribution in [1.29, 1.82) is 0 Å². The van der Waals surface area contributed by atoms with Crippen LogP contribution in [0.4, 0.5) is 0 Å². The third-order valence-corrected chi connectivity index (χ3v) is 4.12. The molecule has 6 heteroatoms. The first-order chi connectivity index (χ1) is 11.3. The van der Waals surface area contributed by atoms with E-state index in [2.05, 4.69) is 4.98 Å². The average molecular weight is 350 g/mol. The fourth-order valence-electron chi connectivity index (χ4n) is 2.47. The van der Waals surface area contributed by atoms with Crippen LogP contribution in [0.15, 0.2) is 18.2 Å². The van der Waals surface area contributed by atoms with Crippen molar-refractivity contribution in [2.45, 2.75) is 27.7 Å². The highest BCUT2D eigenvalue weighted by molar-refractivity contribution is 6.31. The summed E-state index contributed by atoms with van der Waals surface area (Å²) < 4.78 is 10.5.